The lowest BCUT2D eigenvalue weighted by molar-refractivity contribution is 0.0170. The Kier molecular flexibility index (Phi) is 7.81. The maximum Gasteiger partial charge on any atom is 0.191 e. The summed E-state index contributed by atoms with van der Waals surface area (Å²) in [6.07, 6.45) is 4.70. The fourth-order valence-corrected chi connectivity index (χ4v) is 3.33. The van der Waals surface area contributed by atoms with Crippen LogP contribution >= 0.6 is 0 Å². The highest BCUT2D eigenvalue weighted by Crippen LogP contribution is 2.21. The molecule has 2 N–H and O–H groups in total. The zero-order chi connectivity index (χ0) is 19.6. The molecule has 0 amide bonds. The maximum atomic E-state index is 13.4. The van der Waals surface area contributed by atoms with Gasteiger partial charge in [-0.05, 0) is 30.2 Å². The van der Waals surface area contributed by atoms with Gasteiger partial charge in [0.2, 0.25) is 0 Å². The van der Waals surface area contributed by atoms with E-state index in [1.54, 1.807) is 13.2 Å². The molecule has 1 unspecified atom stereocenters. The number of hydrogen-bond donors (Lipinski definition) is 2. The maximum absolute atomic E-state index is 13.4. The van der Waals surface area contributed by atoms with E-state index in [0.29, 0.717) is 6.54 Å². The molecular formula is C20H29FN6O. The third kappa shape index (κ3) is 6.03. The van der Waals surface area contributed by atoms with Crippen molar-refractivity contribution in [3.05, 3.63) is 54.1 Å². The molecule has 8 heteroatoms. The van der Waals surface area contributed by atoms with Gasteiger partial charge in [-0.2, -0.15) is 5.10 Å². The van der Waals surface area contributed by atoms with Gasteiger partial charge >= 0.3 is 0 Å². The van der Waals surface area contributed by atoms with E-state index in [1.165, 1.54) is 12.1 Å². The first-order valence-corrected chi connectivity index (χ1v) is 9.75. The monoisotopic (exact) mass is 388 g/mol. The van der Waals surface area contributed by atoms with Crippen LogP contribution < -0.4 is 10.6 Å². The van der Waals surface area contributed by atoms with Gasteiger partial charge in [-0.1, -0.05) is 12.1 Å². The number of nitrogens with zero attached hydrogens (tertiary/aromatic N) is 4. The van der Waals surface area contributed by atoms with Crippen LogP contribution in [-0.4, -0.2) is 67.1 Å². The number of halogens is 1. The first kappa shape index (κ1) is 20.3. The van der Waals surface area contributed by atoms with Gasteiger partial charge < -0.3 is 15.4 Å². The van der Waals surface area contributed by atoms with Crippen molar-refractivity contribution in [3.8, 4) is 0 Å². The summed E-state index contributed by atoms with van der Waals surface area (Å²) in [5.41, 5.74) is 1.09. The molecule has 1 aliphatic rings. The second-order valence-corrected chi connectivity index (χ2v) is 6.72. The number of guanidine groups is 1. The van der Waals surface area contributed by atoms with Crippen LogP contribution in [-0.2, 0) is 11.3 Å². The number of morpholine rings is 1. The molecule has 0 saturated carbocycles. The first-order valence-electron chi connectivity index (χ1n) is 9.75. The molecule has 1 saturated heterocycles. The number of ether oxygens (including phenoxy) is 1. The molecule has 0 bridgehead atoms. The smallest absolute Gasteiger partial charge is 0.191 e. The minimum Gasteiger partial charge on any atom is -0.379 e. The van der Waals surface area contributed by atoms with E-state index in [9.17, 15) is 4.39 Å². The summed E-state index contributed by atoms with van der Waals surface area (Å²) in [6, 6.07) is 8.81. The molecule has 2 heterocycles. The van der Waals surface area contributed by atoms with Crippen molar-refractivity contribution < 1.29 is 9.13 Å². The predicted molar refractivity (Wildman–Crippen MR) is 108 cm³/mol. The minimum atomic E-state index is -0.216. The summed E-state index contributed by atoms with van der Waals surface area (Å²) in [6.45, 7) is 5.52. The Labute approximate surface area is 165 Å². The highest BCUT2D eigenvalue weighted by atomic mass is 19.1. The second kappa shape index (κ2) is 10.8. The molecule has 152 valence electrons. The average molecular weight is 388 g/mol. The van der Waals surface area contributed by atoms with Crippen LogP contribution in [0.1, 0.15) is 18.0 Å². The minimum absolute atomic E-state index is 0.132. The lowest BCUT2D eigenvalue weighted by Gasteiger charge is -2.35. The number of rotatable bonds is 8. The predicted octanol–water partition coefficient (Wildman–Crippen LogP) is 1.65. The van der Waals surface area contributed by atoms with Crippen LogP contribution in [0.25, 0.3) is 0 Å². The summed E-state index contributed by atoms with van der Waals surface area (Å²) in [5, 5.41) is 11.0. The molecule has 7 nitrogen and oxygen atoms in total. The van der Waals surface area contributed by atoms with E-state index in [2.05, 4.69) is 25.6 Å². The Morgan fingerprint density at radius 3 is 2.71 bits per heavy atom. The Hall–Kier alpha value is -2.45. The van der Waals surface area contributed by atoms with E-state index in [-0.39, 0.29) is 11.9 Å². The van der Waals surface area contributed by atoms with Crippen LogP contribution in [0.5, 0.6) is 0 Å². The lowest BCUT2D eigenvalue weighted by Crippen LogP contribution is -2.46. The molecular weight excluding hydrogens is 359 g/mol. The largest absolute Gasteiger partial charge is 0.379 e. The van der Waals surface area contributed by atoms with Gasteiger partial charge in [-0.3, -0.25) is 14.6 Å². The third-order valence-electron chi connectivity index (χ3n) is 4.84. The summed E-state index contributed by atoms with van der Waals surface area (Å²) < 4.78 is 20.8. The highest BCUT2D eigenvalue weighted by Gasteiger charge is 2.23. The number of aliphatic imine (C=N–C) groups is 1. The van der Waals surface area contributed by atoms with Crippen molar-refractivity contribution in [2.45, 2.75) is 19.0 Å². The number of benzene rings is 1. The molecule has 28 heavy (non-hydrogen) atoms. The van der Waals surface area contributed by atoms with Gasteiger partial charge in [0.1, 0.15) is 5.82 Å². The van der Waals surface area contributed by atoms with E-state index in [1.807, 2.05) is 29.1 Å². The quantitative estimate of drug-likeness (QED) is 0.409. The van der Waals surface area contributed by atoms with Gasteiger partial charge in [-0.15, -0.1) is 0 Å². The van der Waals surface area contributed by atoms with Crippen molar-refractivity contribution in [2.24, 2.45) is 4.99 Å². The number of aryl methyl sites for hydroxylation is 1. The van der Waals surface area contributed by atoms with E-state index in [4.69, 9.17) is 4.74 Å². The Bertz CT molecular complexity index is 713. The third-order valence-corrected chi connectivity index (χ3v) is 4.84. The summed E-state index contributed by atoms with van der Waals surface area (Å²) >= 11 is 0. The van der Waals surface area contributed by atoms with Crippen LogP contribution in [0.4, 0.5) is 4.39 Å². The molecule has 0 radical (unpaired) electrons. The molecule has 1 aliphatic heterocycles. The van der Waals surface area contributed by atoms with Crippen LogP contribution in [0, 0.1) is 5.82 Å². The topological polar surface area (TPSA) is 66.7 Å². The van der Waals surface area contributed by atoms with Gasteiger partial charge in [0.05, 0.1) is 19.3 Å². The summed E-state index contributed by atoms with van der Waals surface area (Å²) in [5.74, 6) is 0.549. The number of hydrogen-bond acceptors (Lipinski definition) is 4. The van der Waals surface area contributed by atoms with Crippen LogP contribution in [0.3, 0.4) is 0 Å². The molecule has 0 spiro atoms. The van der Waals surface area contributed by atoms with Crippen molar-refractivity contribution in [3.63, 3.8) is 0 Å². The highest BCUT2D eigenvalue weighted by molar-refractivity contribution is 5.79. The van der Waals surface area contributed by atoms with E-state index < -0.39 is 0 Å². The van der Waals surface area contributed by atoms with Crippen molar-refractivity contribution >= 4 is 5.96 Å². The fraction of sp³-hybridized carbons (Fsp3) is 0.500. The fourth-order valence-electron chi connectivity index (χ4n) is 3.33. The number of aromatic nitrogens is 2. The normalized spacial score (nSPS) is 16.7. The standard InChI is InChI=1S/C20H29FN6O/c1-22-20(23-8-2-10-27-11-3-9-25-27)24-16-19(26-12-14-28-15-13-26)17-4-6-18(21)7-5-17/h3-7,9,11,19H,2,8,10,12-16H2,1H3,(H2,22,23,24). The van der Waals surface area contributed by atoms with E-state index in [0.717, 1.165) is 57.3 Å². The van der Waals surface area contributed by atoms with Gasteiger partial charge in [-0.25, -0.2) is 4.39 Å². The Morgan fingerprint density at radius 2 is 2.04 bits per heavy atom. The van der Waals surface area contributed by atoms with Crippen molar-refractivity contribution in [2.75, 3.05) is 46.4 Å². The molecule has 1 aromatic heterocycles. The van der Waals surface area contributed by atoms with E-state index >= 15 is 0 Å². The zero-order valence-electron chi connectivity index (χ0n) is 16.4. The Balaban J connectivity index is 1.52. The summed E-state index contributed by atoms with van der Waals surface area (Å²) in [4.78, 5) is 6.69. The zero-order valence-corrected chi connectivity index (χ0v) is 16.4. The molecule has 0 aliphatic carbocycles. The molecule has 1 fully saturated rings. The van der Waals surface area contributed by atoms with Gasteiger partial charge in [0, 0.05) is 52.2 Å². The van der Waals surface area contributed by atoms with Crippen molar-refractivity contribution in [1.82, 2.24) is 25.3 Å². The lowest BCUT2D eigenvalue weighted by atomic mass is 10.0. The average Bonchev–Trinajstić information content (AvgIpc) is 3.25. The Morgan fingerprint density at radius 1 is 1.25 bits per heavy atom. The van der Waals surface area contributed by atoms with Crippen molar-refractivity contribution in [1.29, 1.82) is 0 Å². The molecule has 1 atom stereocenters. The number of nitrogens with one attached hydrogen (secondary N) is 2. The van der Waals surface area contributed by atoms with Crippen LogP contribution in [0.2, 0.25) is 0 Å². The first-order chi connectivity index (χ1) is 13.8. The second-order valence-electron chi connectivity index (χ2n) is 6.72. The molecule has 3 rings (SSSR count). The van der Waals surface area contributed by atoms with Gasteiger partial charge in [0.15, 0.2) is 5.96 Å². The van der Waals surface area contributed by atoms with Crippen LogP contribution in [0.15, 0.2) is 47.7 Å². The van der Waals surface area contributed by atoms with Gasteiger partial charge in [0.25, 0.3) is 0 Å². The summed E-state index contributed by atoms with van der Waals surface area (Å²) in [7, 11) is 1.77. The molecule has 2 aromatic rings. The molecule has 1 aromatic carbocycles. The SMILES string of the molecule is CN=C(NCCCn1cccn1)NCC(c1ccc(F)cc1)N1CCOCC1.